The first-order valence-corrected chi connectivity index (χ1v) is 7.67. The molecular weight excluding hydrogens is 348 g/mol. The van der Waals surface area contributed by atoms with Gasteiger partial charge in [0.15, 0.2) is 0 Å². The van der Waals surface area contributed by atoms with Crippen molar-refractivity contribution in [3.8, 4) is 0 Å². The van der Waals surface area contributed by atoms with E-state index in [0.717, 1.165) is 0 Å². The third kappa shape index (κ3) is 4.54. The van der Waals surface area contributed by atoms with E-state index in [1.807, 2.05) is 0 Å². The fourth-order valence-electron chi connectivity index (χ4n) is 2.30. The highest BCUT2D eigenvalue weighted by Gasteiger charge is 2.26. The van der Waals surface area contributed by atoms with Gasteiger partial charge in [0, 0.05) is 18.1 Å². The van der Waals surface area contributed by atoms with Crippen molar-refractivity contribution in [3.63, 3.8) is 0 Å². The second kappa shape index (κ2) is 8.25. The van der Waals surface area contributed by atoms with Crippen LogP contribution in [0.1, 0.15) is 15.9 Å². The monoisotopic (exact) mass is 362 g/mol. The Hall–Kier alpha value is -2.93. The highest BCUT2D eigenvalue weighted by atomic mass is 35.5. The van der Waals surface area contributed by atoms with E-state index in [9.17, 15) is 19.7 Å². The lowest BCUT2D eigenvalue weighted by Crippen LogP contribution is -2.43. The Kier molecular flexibility index (Phi) is 6.08. The van der Waals surface area contributed by atoms with E-state index in [1.165, 1.54) is 31.4 Å². The molecule has 0 heterocycles. The average molecular weight is 363 g/mol. The molecule has 2 aromatic rings. The Balaban J connectivity index is 2.26. The van der Waals surface area contributed by atoms with Crippen LogP contribution in [0.3, 0.4) is 0 Å². The number of carbonyl (C=O) groups is 2. The summed E-state index contributed by atoms with van der Waals surface area (Å²) in [5, 5.41) is 13.9. The number of para-hydroxylation sites is 1. The lowest BCUT2D eigenvalue weighted by atomic mass is 10.0. The van der Waals surface area contributed by atoms with Crippen LogP contribution in [-0.4, -0.2) is 30.0 Å². The Morgan fingerprint density at radius 3 is 2.48 bits per heavy atom. The minimum Gasteiger partial charge on any atom is -0.467 e. The maximum Gasteiger partial charge on any atom is 0.328 e. The minimum absolute atomic E-state index is 0.0833. The van der Waals surface area contributed by atoms with Gasteiger partial charge in [0.2, 0.25) is 0 Å². The Bertz CT molecular complexity index is 809. The van der Waals surface area contributed by atoms with E-state index >= 15 is 0 Å². The molecule has 0 saturated carbocycles. The van der Waals surface area contributed by atoms with Crippen molar-refractivity contribution in [2.45, 2.75) is 12.5 Å². The molecule has 7 nitrogen and oxygen atoms in total. The van der Waals surface area contributed by atoms with Crippen molar-refractivity contribution < 1.29 is 19.2 Å². The number of halogens is 1. The summed E-state index contributed by atoms with van der Waals surface area (Å²) in [6, 6.07) is 11.3. The summed E-state index contributed by atoms with van der Waals surface area (Å²) < 4.78 is 4.70. The molecule has 0 bridgehead atoms. The first kappa shape index (κ1) is 18.4. The summed E-state index contributed by atoms with van der Waals surface area (Å²) in [4.78, 5) is 35.0. The largest absolute Gasteiger partial charge is 0.467 e. The summed E-state index contributed by atoms with van der Waals surface area (Å²) in [7, 11) is 1.18. The lowest BCUT2D eigenvalue weighted by molar-refractivity contribution is -0.385. The van der Waals surface area contributed by atoms with Gasteiger partial charge >= 0.3 is 5.97 Å². The standard InChI is InChI=1S/C17H15ClN2O5/c1-25-17(22)14(10-11-6-2-5-9-15(11)20(23)24)19-16(21)12-7-3-4-8-13(12)18/h2-9,14H,10H2,1H3,(H,19,21)/t14-/m0/s1. The predicted octanol–water partition coefficient (Wildman–Crippen LogP) is 2.76. The second-order valence-electron chi connectivity index (χ2n) is 5.12. The number of nitrogens with zero attached hydrogens (tertiary/aromatic N) is 1. The number of ether oxygens (including phenoxy) is 1. The van der Waals surface area contributed by atoms with Crippen molar-refractivity contribution >= 4 is 29.2 Å². The first-order chi connectivity index (χ1) is 11.9. The van der Waals surface area contributed by atoms with Crippen LogP contribution in [-0.2, 0) is 16.0 Å². The van der Waals surface area contributed by atoms with E-state index in [-0.39, 0.29) is 22.7 Å². The van der Waals surface area contributed by atoms with Gasteiger partial charge in [-0.05, 0) is 12.1 Å². The van der Waals surface area contributed by atoms with E-state index in [1.54, 1.807) is 24.3 Å². The maximum atomic E-state index is 12.4. The molecule has 0 saturated heterocycles. The van der Waals surface area contributed by atoms with Crippen LogP contribution < -0.4 is 5.32 Å². The van der Waals surface area contributed by atoms with Crippen LogP contribution in [0.15, 0.2) is 48.5 Å². The summed E-state index contributed by atoms with van der Waals surface area (Å²) in [5.41, 5.74) is 0.367. The molecule has 0 spiro atoms. The number of esters is 1. The van der Waals surface area contributed by atoms with Gasteiger partial charge < -0.3 is 10.1 Å². The maximum absolute atomic E-state index is 12.4. The van der Waals surface area contributed by atoms with Crippen LogP contribution >= 0.6 is 11.6 Å². The molecule has 0 aliphatic heterocycles. The smallest absolute Gasteiger partial charge is 0.328 e. The molecule has 1 N–H and O–H groups in total. The number of benzene rings is 2. The molecular formula is C17H15ClN2O5. The van der Waals surface area contributed by atoms with Crippen LogP contribution in [0.5, 0.6) is 0 Å². The summed E-state index contributed by atoms with van der Waals surface area (Å²) >= 11 is 5.98. The summed E-state index contributed by atoms with van der Waals surface area (Å²) in [6.07, 6.45) is -0.0833. The Morgan fingerprint density at radius 2 is 1.84 bits per heavy atom. The van der Waals surface area contributed by atoms with Gasteiger partial charge in [0.05, 0.1) is 22.6 Å². The topological polar surface area (TPSA) is 98.5 Å². The number of nitro benzene ring substituents is 1. The molecule has 0 radical (unpaired) electrons. The number of hydrogen-bond acceptors (Lipinski definition) is 5. The molecule has 8 heteroatoms. The SMILES string of the molecule is COC(=O)[C@H](Cc1ccccc1[N+](=O)[O-])NC(=O)c1ccccc1Cl. The van der Waals surface area contributed by atoms with Gasteiger partial charge in [-0.15, -0.1) is 0 Å². The molecule has 25 heavy (non-hydrogen) atoms. The van der Waals surface area contributed by atoms with Crippen LogP contribution in [0.25, 0.3) is 0 Å². The van der Waals surface area contributed by atoms with Gasteiger partial charge in [0.1, 0.15) is 6.04 Å². The molecule has 0 aliphatic carbocycles. The Morgan fingerprint density at radius 1 is 1.20 bits per heavy atom. The third-order valence-electron chi connectivity index (χ3n) is 3.52. The number of nitro groups is 1. The first-order valence-electron chi connectivity index (χ1n) is 7.29. The molecule has 0 fully saturated rings. The molecule has 2 aromatic carbocycles. The molecule has 0 aromatic heterocycles. The molecule has 130 valence electrons. The zero-order valence-electron chi connectivity index (χ0n) is 13.3. The zero-order valence-corrected chi connectivity index (χ0v) is 14.0. The van der Waals surface area contributed by atoms with Crippen LogP contribution in [0.4, 0.5) is 5.69 Å². The zero-order chi connectivity index (χ0) is 18.4. The van der Waals surface area contributed by atoms with E-state index in [0.29, 0.717) is 5.56 Å². The number of hydrogen-bond donors (Lipinski definition) is 1. The highest BCUT2D eigenvalue weighted by molar-refractivity contribution is 6.33. The third-order valence-corrected chi connectivity index (χ3v) is 3.85. The lowest BCUT2D eigenvalue weighted by Gasteiger charge is -2.17. The number of carbonyl (C=O) groups excluding carboxylic acids is 2. The normalized spacial score (nSPS) is 11.4. The highest BCUT2D eigenvalue weighted by Crippen LogP contribution is 2.20. The molecule has 1 amide bonds. The quantitative estimate of drug-likeness (QED) is 0.484. The molecule has 2 rings (SSSR count). The van der Waals surface area contributed by atoms with Crippen molar-refractivity contribution in [2.24, 2.45) is 0 Å². The average Bonchev–Trinajstić information content (AvgIpc) is 2.61. The van der Waals surface area contributed by atoms with Gasteiger partial charge in [-0.25, -0.2) is 4.79 Å². The second-order valence-corrected chi connectivity index (χ2v) is 5.53. The fourth-order valence-corrected chi connectivity index (χ4v) is 2.52. The van der Waals surface area contributed by atoms with Gasteiger partial charge in [0.25, 0.3) is 11.6 Å². The molecule has 0 aliphatic rings. The number of rotatable bonds is 6. The molecule has 1 atom stereocenters. The van der Waals surface area contributed by atoms with Crippen molar-refractivity contribution in [2.75, 3.05) is 7.11 Å². The molecule has 0 unspecified atom stereocenters. The van der Waals surface area contributed by atoms with E-state index < -0.39 is 22.8 Å². The van der Waals surface area contributed by atoms with Crippen molar-refractivity contribution in [1.82, 2.24) is 5.32 Å². The van der Waals surface area contributed by atoms with Crippen molar-refractivity contribution in [3.05, 3.63) is 74.8 Å². The van der Waals surface area contributed by atoms with E-state index in [2.05, 4.69) is 5.32 Å². The van der Waals surface area contributed by atoms with E-state index in [4.69, 9.17) is 16.3 Å². The number of amides is 1. The summed E-state index contributed by atoms with van der Waals surface area (Å²) in [5.74, 6) is -1.28. The Labute approximate surface area is 148 Å². The van der Waals surface area contributed by atoms with Gasteiger partial charge in [-0.1, -0.05) is 41.9 Å². The number of methoxy groups -OCH3 is 1. The summed E-state index contributed by atoms with van der Waals surface area (Å²) in [6.45, 7) is 0. The van der Waals surface area contributed by atoms with Gasteiger partial charge in [-0.2, -0.15) is 0 Å². The predicted molar refractivity (Wildman–Crippen MR) is 91.5 cm³/mol. The minimum atomic E-state index is -1.09. The van der Waals surface area contributed by atoms with Crippen LogP contribution in [0.2, 0.25) is 5.02 Å². The van der Waals surface area contributed by atoms with Gasteiger partial charge in [-0.3, -0.25) is 14.9 Å². The number of nitrogens with one attached hydrogen (secondary N) is 1. The van der Waals surface area contributed by atoms with Crippen molar-refractivity contribution in [1.29, 1.82) is 0 Å². The van der Waals surface area contributed by atoms with Crippen LogP contribution in [0, 0.1) is 10.1 Å². The fraction of sp³-hybridized carbons (Fsp3) is 0.176.